The number of phenols is 1. The van der Waals surface area contributed by atoms with Crippen LogP contribution in [-0.2, 0) is 0 Å². The Morgan fingerprint density at radius 2 is 0.903 bits per heavy atom. The van der Waals surface area contributed by atoms with E-state index in [1.807, 2.05) is 24.3 Å². The summed E-state index contributed by atoms with van der Waals surface area (Å²) in [4.78, 5) is 0. The maximum atomic E-state index is 11.3. The first kappa shape index (κ1) is 16.7. The van der Waals surface area contributed by atoms with Gasteiger partial charge in [0.15, 0.2) is 0 Å². The summed E-state index contributed by atoms with van der Waals surface area (Å²) in [6, 6.07) is 36.1. The van der Waals surface area contributed by atoms with Crippen LogP contribution in [0.2, 0.25) is 0 Å². The van der Waals surface area contributed by atoms with E-state index in [1.54, 1.807) is 0 Å². The Bertz CT molecular complexity index is 1790. The van der Waals surface area contributed by atoms with Gasteiger partial charge in [0.1, 0.15) is 5.75 Å². The number of aromatic hydroxyl groups is 1. The highest BCUT2D eigenvalue weighted by atomic mass is 16.3. The summed E-state index contributed by atoms with van der Waals surface area (Å²) in [5, 5.41) is 23.2. The van der Waals surface area contributed by atoms with Gasteiger partial charge in [-0.25, -0.2) is 0 Å². The van der Waals surface area contributed by atoms with Gasteiger partial charge in [-0.05, 0) is 60.1 Å². The van der Waals surface area contributed by atoms with E-state index < -0.39 is 0 Å². The van der Waals surface area contributed by atoms with Gasteiger partial charge in [0.2, 0.25) is 0 Å². The predicted molar refractivity (Wildman–Crippen MR) is 132 cm³/mol. The van der Waals surface area contributed by atoms with Crippen LogP contribution >= 0.6 is 0 Å². The van der Waals surface area contributed by atoms with Crippen LogP contribution in [0.4, 0.5) is 0 Å². The Morgan fingerprint density at radius 1 is 0.355 bits per heavy atom. The van der Waals surface area contributed by atoms with E-state index in [2.05, 4.69) is 78.9 Å². The molecule has 0 amide bonds. The summed E-state index contributed by atoms with van der Waals surface area (Å²) in [6.45, 7) is 0. The van der Waals surface area contributed by atoms with Crippen molar-refractivity contribution in [3.05, 3.63) is 103 Å². The van der Waals surface area contributed by atoms with E-state index in [0.29, 0.717) is 5.75 Å². The lowest BCUT2D eigenvalue weighted by molar-refractivity contribution is 0.483. The highest BCUT2D eigenvalue weighted by molar-refractivity contribution is 6.36. The quantitative estimate of drug-likeness (QED) is 0.219. The van der Waals surface area contributed by atoms with E-state index in [1.165, 1.54) is 43.1 Å². The third-order valence-corrected chi connectivity index (χ3v) is 6.70. The number of benzene rings is 7. The SMILES string of the molecule is Oc1c(-c2ccc3ccc4cccc5c6ccccc6c2c3c45)ccc2ccccc12. The Morgan fingerprint density at radius 3 is 1.77 bits per heavy atom. The van der Waals surface area contributed by atoms with Gasteiger partial charge in [-0.2, -0.15) is 0 Å². The van der Waals surface area contributed by atoms with Crippen molar-refractivity contribution < 1.29 is 5.11 Å². The zero-order valence-corrected chi connectivity index (χ0v) is 16.8. The van der Waals surface area contributed by atoms with Crippen LogP contribution in [0.3, 0.4) is 0 Å². The van der Waals surface area contributed by atoms with E-state index in [-0.39, 0.29) is 0 Å². The smallest absolute Gasteiger partial charge is 0.131 e. The number of hydrogen-bond acceptors (Lipinski definition) is 1. The Balaban J connectivity index is 1.76. The van der Waals surface area contributed by atoms with Gasteiger partial charge >= 0.3 is 0 Å². The Kier molecular flexibility index (Phi) is 3.21. The molecular weight excluding hydrogens is 376 g/mol. The zero-order chi connectivity index (χ0) is 20.5. The highest BCUT2D eigenvalue weighted by Crippen LogP contribution is 2.46. The van der Waals surface area contributed by atoms with Gasteiger partial charge in [-0.3, -0.25) is 0 Å². The lowest BCUT2D eigenvalue weighted by Gasteiger charge is -2.18. The molecule has 0 heterocycles. The van der Waals surface area contributed by atoms with Crippen LogP contribution in [0.15, 0.2) is 103 Å². The molecule has 1 nitrogen and oxygen atoms in total. The first-order valence-corrected chi connectivity index (χ1v) is 10.6. The van der Waals surface area contributed by atoms with Gasteiger partial charge in [-0.1, -0.05) is 97.1 Å². The second kappa shape index (κ2) is 5.96. The predicted octanol–water partition coefficient (Wildman–Crippen LogP) is 8.26. The zero-order valence-electron chi connectivity index (χ0n) is 16.8. The molecule has 0 aliphatic carbocycles. The summed E-state index contributed by atoms with van der Waals surface area (Å²) in [5.74, 6) is 0.345. The standard InChI is InChI=1S/C30H18O/c31-30-21-8-2-1-6-18(21)14-17-26(30)25-16-15-20-13-12-19-7-5-11-23-22-9-3-4-10-24(22)29(25)28(20)27(19)23/h1-17,31H. The summed E-state index contributed by atoms with van der Waals surface area (Å²) >= 11 is 0. The minimum Gasteiger partial charge on any atom is -0.507 e. The molecule has 7 aromatic rings. The van der Waals surface area contributed by atoms with Crippen molar-refractivity contribution in [2.24, 2.45) is 0 Å². The Labute approximate surface area is 179 Å². The molecule has 31 heavy (non-hydrogen) atoms. The van der Waals surface area contributed by atoms with Crippen LogP contribution in [0, 0.1) is 0 Å². The molecule has 0 spiro atoms. The average Bonchev–Trinajstić information content (AvgIpc) is 2.83. The average molecular weight is 394 g/mol. The van der Waals surface area contributed by atoms with Gasteiger partial charge in [0.05, 0.1) is 0 Å². The molecule has 0 radical (unpaired) electrons. The van der Waals surface area contributed by atoms with Crippen LogP contribution in [0.1, 0.15) is 0 Å². The van der Waals surface area contributed by atoms with Gasteiger partial charge in [0.25, 0.3) is 0 Å². The van der Waals surface area contributed by atoms with E-state index in [9.17, 15) is 5.11 Å². The molecule has 0 atom stereocenters. The van der Waals surface area contributed by atoms with Crippen molar-refractivity contribution >= 4 is 53.9 Å². The van der Waals surface area contributed by atoms with Crippen molar-refractivity contribution in [2.45, 2.75) is 0 Å². The first-order valence-electron chi connectivity index (χ1n) is 10.6. The topological polar surface area (TPSA) is 20.2 Å². The normalized spacial score (nSPS) is 12.0. The van der Waals surface area contributed by atoms with E-state index >= 15 is 0 Å². The number of hydrogen-bond donors (Lipinski definition) is 1. The van der Waals surface area contributed by atoms with Crippen molar-refractivity contribution in [2.75, 3.05) is 0 Å². The lowest BCUT2D eigenvalue weighted by Crippen LogP contribution is -1.90. The Hall–Kier alpha value is -4.10. The fraction of sp³-hybridized carbons (Fsp3) is 0. The van der Waals surface area contributed by atoms with Crippen molar-refractivity contribution in [1.29, 1.82) is 0 Å². The fourth-order valence-electron chi connectivity index (χ4n) is 5.33. The summed E-state index contributed by atoms with van der Waals surface area (Å²) in [7, 11) is 0. The van der Waals surface area contributed by atoms with Crippen LogP contribution < -0.4 is 0 Å². The molecule has 0 bridgehead atoms. The molecule has 1 N–H and O–H groups in total. The van der Waals surface area contributed by atoms with Crippen LogP contribution in [0.25, 0.3) is 65.0 Å². The molecule has 0 aromatic heterocycles. The fourth-order valence-corrected chi connectivity index (χ4v) is 5.33. The lowest BCUT2D eigenvalue weighted by atomic mass is 9.85. The summed E-state index contributed by atoms with van der Waals surface area (Å²) in [5.41, 5.74) is 1.95. The summed E-state index contributed by atoms with van der Waals surface area (Å²) < 4.78 is 0. The molecule has 0 saturated heterocycles. The minimum atomic E-state index is 0.345. The third-order valence-electron chi connectivity index (χ3n) is 6.70. The molecule has 0 aliphatic heterocycles. The molecule has 0 saturated carbocycles. The third kappa shape index (κ3) is 2.15. The van der Waals surface area contributed by atoms with Crippen molar-refractivity contribution in [1.82, 2.24) is 0 Å². The largest absolute Gasteiger partial charge is 0.507 e. The molecule has 144 valence electrons. The number of phenolic OH excluding ortho intramolecular Hbond substituents is 1. The molecule has 0 unspecified atom stereocenters. The molecular formula is C30H18O. The second-order valence-corrected chi connectivity index (χ2v) is 8.28. The monoisotopic (exact) mass is 394 g/mol. The van der Waals surface area contributed by atoms with Gasteiger partial charge < -0.3 is 5.11 Å². The number of fused-ring (bicyclic) bond motifs is 4. The highest BCUT2D eigenvalue weighted by Gasteiger charge is 2.18. The van der Waals surface area contributed by atoms with Gasteiger partial charge in [-0.15, -0.1) is 0 Å². The maximum absolute atomic E-state index is 11.3. The maximum Gasteiger partial charge on any atom is 0.131 e. The molecule has 0 aliphatic rings. The van der Waals surface area contributed by atoms with Crippen LogP contribution in [0.5, 0.6) is 5.75 Å². The van der Waals surface area contributed by atoms with Gasteiger partial charge in [0, 0.05) is 10.9 Å². The number of rotatable bonds is 1. The van der Waals surface area contributed by atoms with Crippen molar-refractivity contribution in [3.63, 3.8) is 0 Å². The summed E-state index contributed by atoms with van der Waals surface area (Å²) in [6.07, 6.45) is 0. The van der Waals surface area contributed by atoms with E-state index in [0.717, 1.165) is 21.9 Å². The minimum absolute atomic E-state index is 0.345. The molecule has 7 aromatic carbocycles. The van der Waals surface area contributed by atoms with Crippen LogP contribution in [-0.4, -0.2) is 5.11 Å². The van der Waals surface area contributed by atoms with E-state index in [4.69, 9.17) is 0 Å². The molecule has 7 rings (SSSR count). The second-order valence-electron chi connectivity index (χ2n) is 8.28. The first-order chi connectivity index (χ1) is 15.3. The van der Waals surface area contributed by atoms with Crippen molar-refractivity contribution in [3.8, 4) is 16.9 Å². The molecule has 1 heteroatoms. The molecule has 0 fully saturated rings.